The van der Waals surface area contributed by atoms with Crippen LogP contribution in [0.15, 0.2) is 22.9 Å². The van der Waals surface area contributed by atoms with E-state index in [2.05, 4.69) is 32.3 Å². The molecule has 0 aliphatic heterocycles. The number of nitrogens with zero attached hydrogens (tertiary/aromatic N) is 1. The third kappa shape index (κ3) is 1.87. The summed E-state index contributed by atoms with van der Waals surface area (Å²) in [5, 5.41) is 3.77. The van der Waals surface area contributed by atoms with Crippen LogP contribution >= 0.6 is 15.9 Å². The van der Waals surface area contributed by atoms with Crippen molar-refractivity contribution in [3.8, 4) is 0 Å². The van der Waals surface area contributed by atoms with E-state index in [4.69, 9.17) is 0 Å². The van der Waals surface area contributed by atoms with Crippen LogP contribution in [-0.4, -0.2) is 11.0 Å². The van der Waals surface area contributed by atoms with Crippen molar-refractivity contribution in [1.29, 1.82) is 0 Å². The van der Waals surface area contributed by atoms with Gasteiger partial charge in [0.2, 0.25) is 0 Å². The molecule has 4 saturated carbocycles. The predicted molar refractivity (Wildman–Crippen MR) is 76.4 cm³/mol. The first-order chi connectivity index (χ1) is 8.78. The Morgan fingerprint density at radius 1 is 1.00 bits per heavy atom. The molecule has 96 valence electrons. The summed E-state index contributed by atoms with van der Waals surface area (Å²) in [5.41, 5.74) is 1.19. The highest BCUT2D eigenvalue weighted by Crippen LogP contribution is 2.54. The number of hydrogen-bond donors (Lipinski definition) is 1. The maximum absolute atomic E-state index is 4.32. The van der Waals surface area contributed by atoms with Crippen LogP contribution in [0.2, 0.25) is 0 Å². The normalized spacial score (nSPS) is 41.1. The van der Waals surface area contributed by atoms with Gasteiger partial charge in [0.15, 0.2) is 0 Å². The van der Waals surface area contributed by atoms with Crippen molar-refractivity contribution in [2.75, 3.05) is 5.32 Å². The Morgan fingerprint density at radius 2 is 1.67 bits per heavy atom. The third-order valence-electron chi connectivity index (χ3n) is 5.29. The van der Waals surface area contributed by atoms with Crippen LogP contribution in [0.25, 0.3) is 0 Å². The Balaban J connectivity index is 1.53. The van der Waals surface area contributed by atoms with Gasteiger partial charge in [0.05, 0.1) is 11.9 Å². The molecule has 1 aromatic heterocycles. The van der Waals surface area contributed by atoms with Gasteiger partial charge in [-0.3, -0.25) is 0 Å². The van der Waals surface area contributed by atoms with Crippen LogP contribution in [0, 0.1) is 23.7 Å². The highest BCUT2D eigenvalue weighted by Gasteiger charge is 2.48. The summed E-state index contributed by atoms with van der Waals surface area (Å²) in [6, 6.07) is 4.88. The maximum atomic E-state index is 4.32. The van der Waals surface area contributed by atoms with Gasteiger partial charge < -0.3 is 5.32 Å². The summed E-state index contributed by atoms with van der Waals surface area (Å²) in [7, 11) is 0. The monoisotopic (exact) mass is 306 g/mol. The van der Waals surface area contributed by atoms with E-state index in [1.807, 2.05) is 12.3 Å². The molecule has 4 aliphatic rings. The molecular weight excluding hydrogens is 288 g/mol. The quantitative estimate of drug-likeness (QED) is 0.833. The Morgan fingerprint density at radius 3 is 2.22 bits per heavy atom. The van der Waals surface area contributed by atoms with Gasteiger partial charge in [0.1, 0.15) is 4.60 Å². The molecule has 0 aromatic carbocycles. The number of hydrogen-bond acceptors (Lipinski definition) is 2. The summed E-state index contributed by atoms with van der Waals surface area (Å²) < 4.78 is 0.915. The molecule has 4 aliphatic carbocycles. The van der Waals surface area contributed by atoms with Crippen LogP contribution in [0.1, 0.15) is 32.1 Å². The highest BCUT2D eigenvalue weighted by molar-refractivity contribution is 9.10. The summed E-state index contributed by atoms with van der Waals surface area (Å²) >= 11 is 3.39. The maximum Gasteiger partial charge on any atom is 0.106 e. The van der Waals surface area contributed by atoms with E-state index >= 15 is 0 Å². The molecule has 1 heterocycles. The van der Waals surface area contributed by atoms with Crippen LogP contribution in [0.4, 0.5) is 5.69 Å². The molecule has 0 saturated heterocycles. The summed E-state index contributed by atoms with van der Waals surface area (Å²) in [5.74, 6) is 3.94. The van der Waals surface area contributed by atoms with Crippen molar-refractivity contribution >= 4 is 21.6 Å². The van der Waals surface area contributed by atoms with Gasteiger partial charge >= 0.3 is 0 Å². The summed E-state index contributed by atoms with van der Waals surface area (Å²) in [4.78, 5) is 4.32. The Bertz CT molecular complexity index is 414. The summed E-state index contributed by atoms with van der Waals surface area (Å²) in [6.45, 7) is 0. The van der Waals surface area contributed by atoms with E-state index in [-0.39, 0.29) is 0 Å². The average molecular weight is 307 g/mol. The first-order valence-corrected chi connectivity index (χ1v) is 7.95. The Kier molecular flexibility index (Phi) is 2.65. The number of anilines is 1. The van der Waals surface area contributed by atoms with Crippen molar-refractivity contribution in [3.63, 3.8) is 0 Å². The van der Waals surface area contributed by atoms with Crippen molar-refractivity contribution in [2.45, 2.75) is 38.1 Å². The van der Waals surface area contributed by atoms with Gasteiger partial charge in [-0.2, -0.15) is 0 Å². The highest BCUT2D eigenvalue weighted by atomic mass is 79.9. The minimum Gasteiger partial charge on any atom is -0.381 e. The molecule has 0 unspecified atom stereocenters. The van der Waals surface area contributed by atoms with Gasteiger partial charge in [0, 0.05) is 6.04 Å². The fourth-order valence-electron chi connectivity index (χ4n) is 4.81. The lowest BCUT2D eigenvalue weighted by molar-refractivity contribution is 0.00753. The van der Waals surface area contributed by atoms with Crippen LogP contribution in [-0.2, 0) is 0 Å². The van der Waals surface area contributed by atoms with E-state index < -0.39 is 0 Å². The SMILES string of the molecule is Brc1ccc(NC2C3CC4CC(C3)CC2C4)cn1. The third-order valence-corrected chi connectivity index (χ3v) is 5.76. The molecule has 1 N–H and O–H groups in total. The van der Waals surface area contributed by atoms with Crippen LogP contribution in [0.5, 0.6) is 0 Å². The second-order valence-corrected chi connectivity index (χ2v) is 7.28. The average Bonchev–Trinajstić information content (AvgIpc) is 2.35. The van der Waals surface area contributed by atoms with Gasteiger partial charge in [-0.05, 0) is 83.8 Å². The van der Waals surface area contributed by atoms with Gasteiger partial charge in [-0.1, -0.05) is 0 Å². The van der Waals surface area contributed by atoms with Gasteiger partial charge in [0.25, 0.3) is 0 Å². The summed E-state index contributed by atoms with van der Waals surface area (Å²) in [6.07, 6.45) is 9.35. The molecule has 0 radical (unpaired) electrons. The molecular formula is C15H19BrN2. The van der Waals surface area contributed by atoms with E-state index in [9.17, 15) is 0 Å². The molecule has 1 aromatic rings. The van der Waals surface area contributed by atoms with Crippen molar-refractivity contribution in [1.82, 2.24) is 4.98 Å². The van der Waals surface area contributed by atoms with Crippen LogP contribution in [0.3, 0.4) is 0 Å². The first-order valence-electron chi connectivity index (χ1n) is 7.16. The fraction of sp³-hybridized carbons (Fsp3) is 0.667. The number of aromatic nitrogens is 1. The lowest BCUT2D eigenvalue weighted by Crippen LogP contribution is -2.51. The minimum absolute atomic E-state index is 0.709. The van der Waals surface area contributed by atoms with E-state index in [0.717, 1.165) is 28.3 Å². The molecule has 0 spiro atoms. The molecule has 5 rings (SSSR count). The second-order valence-electron chi connectivity index (χ2n) is 6.47. The van der Waals surface area contributed by atoms with Gasteiger partial charge in [-0.15, -0.1) is 0 Å². The van der Waals surface area contributed by atoms with Crippen molar-refractivity contribution < 1.29 is 0 Å². The first kappa shape index (κ1) is 11.3. The zero-order valence-corrected chi connectivity index (χ0v) is 12.1. The number of halogens is 1. The fourth-order valence-corrected chi connectivity index (χ4v) is 5.05. The standard InChI is InChI=1S/C15H19BrN2/c16-14-2-1-13(8-17-14)18-15-11-4-9-3-10(6-11)7-12(15)5-9/h1-2,8-12,15,18H,3-7H2. The van der Waals surface area contributed by atoms with E-state index in [0.29, 0.717) is 6.04 Å². The lowest BCUT2D eigenvalue weighted by atomic mass is 9.54. The lowest BCUT2D eigenvalue weighted by Gasteiger charge is -2.54. The number of nitrogens with one attached hydrogen (secondary N) is 1. The molecule has 0 atom stereocenters. The topological polar surface area (TPSA) is 24.9 Å². The van der Waals surface area contributed by atoms with Gasteiger partial charge in [-0.25, -0.2) is 4.98 Å². The number of pyridine rings is 1. The largest absolute Gasteiger partial charge is 0.381 e. The minimum atomic E-state index is 0.709. The molecule has 4 fully saturated rings. The zero-order valence-electron chi connectivity index (χ0n) is 10.5. The number of rotatable bonds is 2. The molecule has 0 amide bonds. The Labute approximate surface area is 117 Å². The Hall–Kier alpha value is -0.570. The van der Waals surface area contributed by atoms with Crippen LogP contribution < -0.4 is 5.32 Å². The zero-order chi connectivity index (χ0) is 12.1. The second kappa shape index (κ2) is 4.22. The molecule has 18 heavy (non-hydrogen) atoms. The predicted octanol–water partition coefficient (Wildman–Crippen LogP) is 4.08. The smallest absolute Gasteiger partial charge is 0.106 e. The molecule has 2 nitrogen and oxygen atoms in total. The van der Waals surface area contributed by atoms with Crippen molar-refractivity contribution in [2.24, 2.45) is 23.7 Å². The van der Waals surface area contributed by atoms with E-state index in [1.165, 1.54) is 37.8 Å². The molecule has 3 heteroatoms. The van der Waals surface area contributed by atoms with E-state index in [1.54, 1.807) is 0 Å². The van der Waals surface area contributed by atoms with Crippen molar-refractivity contribution in [3.05, 3.63) is 22.9 Å². The molecule has 4 bridgehead atoms.